The van der Waals surface area contributed by atoms with Crippen molar-refractivity contribution in [3.05, 3.63) is 59.7 Å². The number of carbonyl (C=O) groups excluding carboxylic acids is 2. The number of rotatable bonds is 6. The van der Waals surface area contributed by atoms with Crippen LogP contribution in [0.5, 0.6) is 0 Å². The van der Waals surface area contributed by atoms with Gasteiger partial charge < -0.3 is 10.1 Å². The predicted octanol–water partition coefficient (Wildman–Crippen LogP) is 2.92. The summed E-state index contributed by atoms with van der Waals surface area (Å²) in [4.78, 5) is 24.5. The minimum absolute atomic E-state index is 0.223. The second kappa shape index (κ2) is 8.40. The molecule has 1 N–H and O–H groups in total. The molecule has 126 valence electrons. The van der Waals surface area contributed by atoms with Gasteiger partial charge in [0.05, 0.1) is 21.3 Å². The van der Waals surface area contributed by atoms with Crippen LogP contribution in [0.4, 0.5) is 5.69 Å². The van der Waals surface area contributed by atoms with Gasteiger partial charge in [-0.2, -0.15) is 0 Å². The van der Waals surface area contributed by atoms with Crippen LogP contribution in [0, 0.1) is 6.92 Å². The van der Waals surface area contributed by atoms with E-state index in [1.165, 1.54) is 0 Å². The Balaban J connectivity index is 2.00. The number of para-hydroxylation sites is 1. The van der Waals surface area contributed by atoms with Crippen LogP contribution >= 0.6 is 0 Å². The summed E-state index contributed by atoms with van der Waals surface area (Å²) in [5.74, 6) is -0.683. The molecule has 0 aromatic heterocycles. The number of ether oxygens (including phenoxy) is 1. The maximum absolute atomic E-state index is 12.2. The lowest BCUT2D eigenvalue weighted by molar-refractivity contribution is -0.119. The molecule has 0 bridgehead atoms. The van der Waals surface area contributed by atoms with Crippen molar-refractivity contribution in [2.24, 2.45) is 0 Å². The lowest BCUT2D eigenvalue weighted by atomic mass is 10.2. The summed E-state index contributed by atoms with van der Waals surface area (Å²) in [6.45, 7) is 3.24. The first-order chi connectivity index (χ1) is 11.5. The zero-order chi connectivity index (χ0) is 17.5. The van der Waals surface area contributed by atoms with E-state index in [-0.39, 0.29) is 5.56 Å². The fourth-order valence-corrected chi connectivity index (χ4v) is 3.04. The molecule has 0 radical (unpaired) electrons. The molecule has 1 atom stereocenters. The molecule has 0 saturated carbocycles. The van der Waals surface area contributed by atoms with E-state index in [1.807, 2.05) is 25.1 Å². The fraction of sp³-hybridized carbons (Fsp3) is 0.222. The Labute approximate surface area is 143 Å². The topological polar surface area (TPSA) is 72.5 Å². The van der Waals surface area contributed by atoms with E-state index in [1.54, 1.807) is 37.3 Å². The molecule has 2 rings (SSSR count). The smallest absolute Gasteiger partial charge is 0.339 e. The van der Waals surface area contributed by atoms with E-state index in [0.29, 0.717) is 16.3 Å². The number of benzene rings is 2. The molecule has 0 fully saturated rings. The molecule has 2 aromatic rings. The third kappa shape index (κ3) is 4.52. The van der Waals surface area contributed by atoms with Crippen LogP contribution in [0.15, 0.2) is 53.4 Å². The van der Waals surface area contributed by atoms with Crippen molar-refractivity contribution < 1.29 is 18.5 Å². The summed E-state index contributed by atoms with van der Waals surface area (Å²) >= 11 is 0. The largest absolute Gasteiger partial charge is 0.452 e. The van der Waals surface area contributed by atoms with E-state index < -0.39 is 29.3 Å². The van der Waals surface area contributed by atoms with Gasteiger partial charge in [0.15, 0.2) is 6.61 Å². The highest BCUT2D eigenvalue weighted by Gasteiger charge is 2.17. The van der Waals surface area contributed by atoms with Gasteiger partial charge in [-0.05, 0) is 30.7 Å². The van der Waals surface area contributed by atoms with Gasteiger partial charge >= 0.3 is 5.97 Å². The lowest BCUT2D eigenvalue weighted by Gasteiger charge is -2.10. The number of esters is 1. The zero-order valence-corrected chi connectivity index (χ0v) is 14.4. The van der Waals surface area contributed by atoms with Crippen molar-refractivity contribution in [1.29, 1.82) is 0 Å². The summed E-state index contributed by atoms with van der Waals surface area (Å²) in [6.07, 6.45) is 0. The highest BCUT2D eigenvalue weighted by Crippen LogP contribution is 2.16. The average Bonchev–Trinajstić information content (AvgIpc) is 2.61. The summed E-state index contributed by atoms with van der Waals surface area (Å²) < 4.78 is 17.0. The highest BCUT2D eigenvalue weighted by atomic mass is 32.2. The minimum atomic E-state index is -1.27. The molecule has 0 aliphatic carbocycles. The number of amides is 1. The summed E-state index contributed by atoms with van der Waals surface area (Å²) in [7, 11) is -1.27. The van der Waals surface area contributed by atoms with Gasteiger partial charge in [0, 0.05) is 11.4 Å². The van der Waals surface area contributed by atoms with Crippen LogP contribution in [0.1, 0.15) is 22.8 Å². The number of carbonyl (C=O) groups is 2. The molecular formula is C18H19NO4S. The maximum Gasteiger partial charge on any atom is 0.339 e. The molecule has 24 heavy (non-hydrogen) atoms. The van der Waals surface area contributed by atoms with E-state index in [0.717, 1.165) is 5.56 Å². The van der Waals surface area contributed by atoms with Gasteiger partial charge in [0.2, 0.25) is 0 Å². The first-order valence-corrected chi connectivity index (χ1v) is 8.84. The molecular weight excluding hydrogens is 326 g/mol. The zero-order valence-electron chi connectivity index (χ0n) is 13.6. The van der Waals surface area contributed by atoms with Crippen molar-refractivity contribution >= 4 is 28.4 Å². The van der Waals surface area contributed by atoms with Crippen molar-refractivity contribution in [2.45, 2.75) is 18.7 Å². The van der Waals surface area contributed by atoms with Crippen molar-refractivity contribution in [3.8, 4) is 0 Å². The Bertz CT molecular complexity index is 773. The monoisotopic (exact) mass is 345 g/mol. The average molecular weight is 345 g/mol. The standard InChI is InChI=1S/C18H19NO4S/c1-3-24(22)16-11-7-5-9-14(16)18(21)23-12-17(20)19-15-10-6-4-8-13(15)2/h4-11H,3,12H2,1-2H3,(H,19,20)/t24-/m0/s1. The van der Waals surface area contributed by atoms with Crippen LogP contribution in [0.3, 0.4) is 0 Å². The van der Waals surface area contributed by atoms with Crippen LogP contribution in [0.25, 0.3) is 0 Å². The molecule has 0 spiro atoms. The van der Waals surface area contributed by atoms with Gasteiger partial charge in [0.25, 0.3) is 5.91 Å². The maximum atomic E-state index is 12.2. The van der Waals surface area contributed by atoms with Gasteiger partial charge in [0.1, 0.15) is 0 Å². The van der Waals surface area contributed by atoms with Gasteiger partial charge in [-0.1, -0.05) is 37.3 Å². The SMILES string of the molecule is CC[S@](=O)c1ccccc1C(=O)OCC(=O)Nc1ccccc1C. The first-order valence-electron chi connectivity index (χ1n) is 7.53. The number of nitrogens with one attached hydrogen (secondary N) is 1. The number of hydrogen-bond donors (Lipinski definition) is 1. The van der Waals surface area contributed by atoms with E-state index in [4.69, 9.17) is 4.74 Å². The van der Waals surface area contributed by atoms with Crippen LogP contribution in [-0.4, -0.2) is 28.4 Å². The number of hydrogen-bond acceptors (Lipinski definition) is 4. The van der Waals surface area contributed by atoms with Gasteiger partial charge in [-0.25, -0.2) is 4.79 Å². The molecule has 6 heteroatoms. The quantitative estimate of drug-likeness (QED) is 0.817. The molecule has 5 nitrogen and oxygen atoms in total. The Hall–Kier alpha value is -2.47. The second-order valence-corrected chi connectivity index (χ2v) is 6.78. The second-order valence-electron chi connectivity index (χ2n) is 5.07. The molecule has 0 aliphatic rings. The third-order valence-electron chi connectivity index (χ3n) is 3.37. The van der Waals surface area contributed by atoms with E-state index in [2.05, 4.69) is 5.32 Å². The van der Waals surface area contributed by atoms with E-state index >= 15 is 0 Å². The Kier molecular flexibility index (Phi) is 6.26. The molecule has 0 unspecified atom stereocenters. The van der Waals surface area contributed by atoms with Crippen LogP contribution < -0.4 is 5.32 Å². The number of anilines is 1. The van der Waals surface area contributed by atoms with Crippen LogP contribution in [0.2, 0.25) is 0 Å². The molecule has 1 amide bonds. The lowest BCUT2D eigenvalue weighted by Crippen LogP contribution is -2.22. The summed E-state index contributed by atoms with van der Waals surface area (Å²) in [5, 5.41) is 2.69. The third-order valence-corrected chi connectivity index (χ3v) is 4.74. The van der Waals surface area contributed by atoms with Crippen molar-refractivity contribution in [1.82, 2.24) is 0 Å². The van der Waals surface area contributed by atoms with Crippen LogP contribution in [-0.2, 0) is 20.3 Å². The Morgan fingerprint density at radius 3 is 2.46 bits per heavy atom. The summed E-state index contributed by atoms with van der Waals surface area (Å²) in [5.41, 5.74) is 1.81. The predicted molar refractivity (Wildman–Crippen MR) is 93.5 cm³/mol. The Morgan fingerprint density at radius 1 is 1.08 bits per heavy atom. The van der Waals surface area contributed by atoms with Gasteiger partial charge in [-0.15, -0.1) is 0 Å². The van der Waals surface area contributed by atoms with Gasteiger partial charge in [-0.3, -0.25) is 9.00 Å². The molecule has 0 aliphatic heterocycles. The normalized spacial score (nSPS) is 11.6. The molecule has 2 aromatic carbocycles. The highest BCUT2D eigenvalue weighted by molar-refractivity contribution is 7.85. The van der Waals surface area contributed by atoms with E-state index in [9.17, 15) is 13.8 Å². The fourth-order valence-electron chi connectivity index (χ4n) is 2.10. The first kappa shape index (κ1) is 17.9. The Morgan fingerprint density at radius 2 is 1.75 bits per heavy atom. The van der Waals surface area contributed by atoms with Crippen molar-refractivity contribution in [3.63, 3.8) is 0 Å². The number of aryl methyl sites for hydroxylation is 1. The summed E-state index contributed by atoms with van der Waals surface area (Å²) in [6, 6.07) is 13.9. The molecule has 0 heterocycles. The minimum Gasteiger partial charge on any atom is -0.452 e. The van der Waals surface area contributed by atoms with Crippen molar-refractivity contribution in [2.75, 3.05) is 17.7 Å². The molecule has 0 saturated heterocycles.